The highest BCUT2D eigenvalue weighted by Gasteiger charge is 2.34. The second kappa shape index (κ2) is 9.67. The number of carbonyl (C=O) groups is 3. The van der Waals surface area contributed by atoms with E-state index in [9.17, 15) is 19.5 Å². The zero-order valence-electron chi connectivity index (χ0n) is 21.0. The van der Waals surface area contributed by atoms with E-state index in [1.54, 1.807) is 30.2 Å². The first-order valence-electron chi connectivity index (χ1n) is 13.0. The maximum Gasteiger partial charge on any atom is 0.306 e. The number of amides is 1. The minimum atomic E-state index is -0.804. The van der Waals surface area contributed by atoms with Crippen LogP contribution in [0.25, 0.3) is 16.5 Å². The van der Waals surface area contributed by atoms with E-state index in [1.807, 2.05) is 24.3 Å². The fraction of sp³-hybridized carbons (Fsp3) is 0.379. The Bertz CT molecular complexity index is 1500. The third-order valence-electron chi connectivity index (χ3n) is 7.93. The van der Waals surface area contributed by atoms with Crippen molar-refractivity contribution in [3.63, 3.8) is 0 Å². The van der Waals surface area contributed by atoms with Crippen LogP contribution in [-0.2, 0) is 9.53 Å². The van der Waals surface area contributed by atoms with Crippen molar-refractivity contribution in [3.8, 4) is 0 Å². The summed E-state index contributed by atoms with van der Waals surface area (Å²) >= 11 is 6.57. The first-order valence-corrected chi connectivity index (χ1v) is 13.3. The molecule has 2 aromatic carbocycles. The number of aromatic nitrogens is 2. The fourth-order valence-electron chi connectivity index (χ4n) is 5.46. The smallest absolute Gasteiger partial charge is 0.306 e. The molecule has 9 heteroatoms. The third-order valence-corrected chi connectivity index (χ3v) is 8.25. The Morgan fingerprint density at radius 2 is 1.87 bits per heavy atom. The van der Waals surface area contributed by atoms with Gasteiger partial charge in [-0.2, -0.15) is 9.78 Å². The van der Waals surface area contributed by atoms with Crippen LogP contribution in [0.1, 0.15) is 70.0 Å². The van der Waals surface area contributed by atoms with Gasteiger partial charge < -0.3 is 14.7 Å². The van der Waals surface area contributed by atoms with E-state index < -0.39 is 11.9 Å². The van der Waals surface area contributed by atoms with Gasteiger partial charge in [0.2, 0.25) is 0 Å². The summed E-state index contributed by atoms with van der Waals surface area (Å²) in [6, 6.07) is 10.9. The van der Waals surface area contributed by atoms with Gasteiger partial charge in [0.15, 0.2) is 0 Å². The van der Waals surface area contributed by atoms with Crippen molar-refractivity contribution < 1.29 is 24.2 Å². The van der Waals surface area contributed by atoms with E-state index in [2.05, 4.69) is 0 Å². The summed E-state index contributed by atoms with van der Waals surface area (Å²) in [6.07, 6.45) is 5.44. The number of likely N-dealkylation sites (tertiary alicyclic amines) is 1. The molecule has 6 rings (SSSR count). The molecule has 2 aliphatic carbocycles. The Labute approximate surface area is 224 Å². The van der Waals surface area contributed by atoms with Gasteiger partial charge in [-0.25, -0.2) is 0 Å². The molecular formula is C29H28ClN3O5. The van der Waals surface area contributed by atoms with E-state index in [4.69, 9.17) is 21.4 Å². The first-order chi connectivity index (χ1) is 18.4. The molecule has 2 fully saturated rings. The molecule has 0 unspecified atom stereocenters. The maximum atomic E-state index is 14.0. The molecule has 38 heavy (non-hydrogen) atoms. The summed E-state index contributed by atoms with van der Waals surface area (Å²) in [7, 11) is 1.63. The summed E-state index contributed by atoms with van der Waals surface area (Å²) in [5.74, 6) is -1.38. The van der Waals surface area contributed by atoms with Gasteiger partial charge in [0, 0.05) is 31.1 Å². The van der Waals surface area contributed by atoms with E-state index in [1.165, 1.54) is 4.68 Å². The number of carbonyl (C=O) groups excluding carboxylic acids is 2. The molecule has 1 N–H and O–H groups in total. The third kappa shape index (κ3) is 4.31. The number of halogens is 1. The lowest BCUT2D eigenvalue weighted by molar-refractivity contribution is -0.141. The van der Waals surface area contributed by atoms with E-state index in [0.717, 1.165) is 29.4 Å². The van der Waals surface area contributed by atoms with Crippen molar-refractivity contribution in [2.45, 2.75) is 44.1 Å². The lowest BCUT2D eigenvalue weighted by Crippen LogP contribution is -2.54. The number of hydrogen-bond acceptors (Lipinski definition) is 5. The molecule has 1 saturated carbocycles. The molecule has 8 nitrogen and oxygen atoms in total. The standard InChI is InChI=1S/C29H28ClN3O5/c1-38-20-14-32(15-20)27(34)19-11-12-22-24(13-19)33(31-26(22)17-7-9-18(10-8-17)29(36)37)28(35)25-21(16-5-6-16)3-2-4-23(25)30/h2-4,7,11-13,16,18,20H,5-6,8-10,14-15H2,1H3,(H,36,37)/t18-/m0/s1. The van der Waals surface area contributed by atoms with Crippen molar-refractivity contribution in [1.29, 1.82) is 0 Å². The molecule has 1 aromatic heterocycles. The largest absolute Gasteiger partial charge is 0.481 e. The average molecular weight is 534 g/mol. The number of aliphatic carboxylic acids is 1. The molecule has 0 bridgehead atoms. The van der Waals surface area contributed by atoms with Crippen molar-refractivity contribution in [2.75, 3.05) is 20.2 Å². The minimum Gasteiger partial charge on any atom is -0.481 e. The number of carboxylic acids is 1. The Balaban J connectivity index is 1.45. The summed E-state index contributed by atoms with van der Waals surface area (Å²) in [4.78, 5) is 40.4. The number of rotatable bonds is 6. The Morgan fingerprint density at radius 3 is 2.53 bits per heavy atom. The van der Waals surface area contributed by atoms with Gasteiger partial charge in [0.25, 0.3) is 11.8 Å². The van der Waals surface area contributed by atoms with Crippen LogP contribution >= 0.6 is 11.6 Å². The first kappa shape index (κ1) is 24.8. The Kier molecular flexibility index (Phi) is 6.32. The van der Waals surface area contributed by atoms with Crippen molar-refractivity contribution in [3.05, 3.63) is 69.9 Å². The summed E-state index contributed by atoms with van der Waals surface area (Å²) in [5, 5.41) is 15.3. The highest BCUT2D eigenvalue weighted by Crippen LogP contribution is 2.43. The minimum absolute atomic E-state index is 0.0373. The molecule has 0 spiro atoms. The summed E-state index contributed by atoms with van der Waals surface area (Å²) in [5.41, 5.74) is 3.91. The van der Waals surface area contributed by atoms with Crippen molar-refractivity contribution in [2.24, 2.45) is 5.92 Å². The van der Waals surface area contributed by atoms with Gasteiger partial charge in [0.1, 0.15) is 0 Å². The molecule has 1 saturated heterocycles. The fourth-order valence-corrected chi connectivity index (χ4v) is 5.72. The predicted molar refractivity (Wildman–Crippen MR) is 143 cm³/mol. The number of hydrogen-bond donors (Lipinski definition) is 1. The number of fused-ring (bicyclic) bond motifs is 1. The SMILES string of the molecule is COC1CN(C(=O)c2ccc3c(C4=CC[C@H](C(=O)O)CC4)nn(C(=O)c4c(Cl)cccc4C4CC4)c3c2)C1. The summed E-state index contributed by atoms with van der Waals surface area (Å²) < 4.78 is 6.67. The number of carboxylic acid groups (broad SMARTS) is 1. The molecule has 2 heterocycles. The zero-order chi connectivity index (χ0) is 26.6. The van der Waals surface area contributed by atoms with Gasteiger partial charge in [-0.3, -0.25) is 14.4 Å². The van der Waals surface area contributed by atoms with Crippen LogP contribution in [0.3, 0.4) is 0 Å². The Morgan fingerprint density at radius 1 is 1.08 bits per heavy atom. The van der Waals surface area contributed by atoms with Gasteiger partial charge in [-0.05, 0) is 73.4 Å². The molecule has 196 valence electrons. The van der Waals surface area contributed by atoms with Crippen LogP contribution < -0.4 is 0 Å². The number of nitrogens with zero attached hydrogens (tertiary/aromatic N) is 3. The lowest BCUT2D eigenvalue weighted by Gasteiger charge is -2.38. The molecular weight excluding hydrogens is 506 g/mol. The van der Waals surface area contributed by atoms with Gasteiger partial charge >= 0.3 is 5.97 Å². The molecule has 3 aromatic rings. The van der Waals surface area contributed by atoms with Gasteiger partial charge in [-0.1, -0.05) is 29.8 Å². The number of methoxy groups -OCH3 is 1. The lowest BCUT2D eigenvalue weighted by atomic mass is 9.87. The quantitative estimate of drug-likeness (QED) is 0.479. The van der Waals surface area contributed by atoms with E-state index in [-0.39, 0.29) is 17.9 Å². The van der Waals surface area contributed by atoms with Crippen LogP contribution in [0, 0.1) is 5.92 Å². The molecule has 1 amide bonds. The Hall–Kier alpha value is -3.49. The van der Waals surface area contributed by atoms with Gasteiger partial charge in [-0.15, -0.1) is 0 Å². The highest BCUT2D eigenvalue weighted by molar-refractivity contribution is 6.34. The van der Waals surface area contributed by atoms with Crippen LogP contribution in [-0.4, -0.2) is 63.9 Å². The number of benzene rings is 2. The maximum absolute atomic E-state index is 14.0. The van der Waals surface area contributed by atoms with Crippen LogP contribution in [0.15, 0.2) is 42.5 Å². The van der Waals surface area contributed by atoms with Gasteiger partial charge in [0.05, 0.1) is 33.8 Å². The topological polar surface area (TPSA) is 102 Å². The molecule has 1 atom stereocenters. The average Bonchev–Trinajstić information content (AvgIpc) is 3.67. The molecule has 0 radical (unpaired) electrons. The van der Waals surface area contributed by atoms with E-state index in [0.29, 0.717) is 65.6 Å². The molecule has 1 aliphatic heterocycles. The number of ether oxygens (including phenoxy) is 1. The second-order valence-corrected chi connectivity index (χ2v) is 10.8. The summed E-state index contributed by atoms with van der Waals surface area (Å²) in [6.45, 7) is 1.05. The van der Waals surface area contributed by atoms with Crippen molar-refractivity contribution in [1.82, 2.24) is 14.7 Å². The van der Waals surface area contributed by atoms with Crippen LogP contribution in [0.4, 0.5) is 0 Å². The second-order valence-electron chi connectivity index (χ2n) is 10.4. The van der Waals surface area contributed by atoms with Crippen molar-refractivity contribution >= 4 is 45.9 Å². The van der Waals surface area contributed by atoms with E-state index >= 15 is 0 Å². The molecule has 3 aliphatic rings. The highest BCUT2D eigenvalue weighted by atomic mass is 35.5. The number of allylic oxidation sites excluding steroid dienone is 2. The normalized spacial score (nSPS) is 19.8. The predicted octanol–water partition coefficient (Wildman–Crippen LogP) is 4.99. The monoisotopic (exact) mass is 533 g/mol. The zero-order valence-corrected chi connectivity index (χ0v) is 21.8. The van der Waals surface area contributed by atoms with Crippen LogP contribution in [0.5, 0.6) is 0 Å². The van der Waals surface area contributed by atoms with Crippen LogP contribution in [0.2, 0.25) is 5.02 Å².